The van der Waals surface area contributed by atoms with Crippen molar-refractivity contribution in [2.24, 2.45) is 0 Å². The molecule has 4 aromatic rings. The Morgan fingerprint density at radius 1 is 1.11 bits per heavy atom. The number of aromatic nitrogens is 3. The highest BCUT2D eigenvalue weighted by Gasteiger charge is 2.35. The summed E-state index contributed by atoms with van der Waals surface area (Å²) in [5.74, 6) is -1.53. The van der Waals surface area contributed by atoms with Crippen molar-refractivity contribution >= 4 is 28.5 Å². The summed E-state index contributed by atoms with van der Waals surface area (Å²) in [7, 11) is 0. The summed E-state index contributed by atoms with van der Waals surface area (Å²) in [5.41, 5.74) is 2.88. The lowest BCUT2D eigenvalue weighted by molar-refractivity contribution is -0.127. The molecule has 1 aromatic heterocycles. The minimum atomic E-state index is -1.11. The predicted molar refractivity (Wildman–Crippen MR) is 137 cm³/mol. The van der Waals surface area contributed by atoms with Gasteiger partial charge in [0.05, 0.1) is 17.3 Å². The van der Waals surface area contributed by atoms with Crippen LogP contribution in [0.25, 0.3) is 11.0 Å². The van der Waals surface area contributed by atoms with Crippen molar-refractivity contribution in [3.05, 3.63) is 89.7 Å². The zero-order valence-corrected chi connectivity index (χ0v) is 20.5. The second-order valence-corrected chi connectivity index (χ2v) is 9.14. The molecular weight excluding hydrogens is 473 g/mol. The highest BCUT2D eigenvalue weighted by Crippen LogP contribution is 2.31. The van der Waals surface area contributed by atoms with E-state index in [-0.39, 0.29) is 18.3 Å². The van der Waals surface area contributed by atoms with Crippen LogP contribution in [0, 0.1) is 12.7 Å². The van der Waals surface area contributed by atoms with Gasteiger partial charge in [0.2, 0.25) is 11.8 Å². The van der Waals surface area contributed by atoms with Crippen LogP contribution in [-0.2, 0) is 20.9 Å². The Balaban J connectivity index is 1.54. The Morgan fingerprint density at radius 2 is 1.86 bits per heavy atom. The zero-order chi connectivity index (χ0) is 25.8. The maximum atomic E-state index is 15.2. The third-order valence-corrected chi connectivity index (χ3v) is 6.51. The molecule has 3 aromatic carbocycles. The van der Waals surface area contributed by atoms with Crippen molar-refractivity contribution in [3.8, 4) is 0 Å². The van der Waals surface area contributed by atoms with E-state index in [1.807, 2.05) is 37.3 Å². The highest BCUT2D eigenvalue weighted by atomic mass is 19.1. The average Bonchev–Trinajstić information content (AvgIpc) is 3.58. The lowest BCUT2D eigenvalue weighted by atomic mass is 10.0. The fourth-order valence-corrected chi connectivity index (χ4v) is 4.59. The fourth-order valence-electron chi connectivity index (χ4n) is 4.59. The van der Waals surface area contributed by atoms with E-state index >= 15 is 4.39 Å². The molecule has 0 bridgehead atoms. The molecule has 190 valence electrons. The van der Waals surface area contributed by atoms with Gasteiger partial charge < -0.3 is 10.1 Å². The lowest BCUT2D eigenvalue weighted by Gasteiger charge is -2.32. The SMILES string of the molecule is Cc1ccc([C@@H](C(=O)NC[C@H]2CCCO2)N(C(=O)Cn2nnc3ccccc32)c2ccccc2F)cc1. The number of hydrogen-bond acceptors (Lipinski definition) is 5. The molecular formula is C28H28FN5O3. The molecule has 1 N–H and O–H groups in total. The van der Waals surface area contributed by atoms with Crippen molar-refractivity contribution < 1.29 is 18.7 Å². The third-order valence-electron chi connectivity index (χ3n) is 6.51. The molecule has 0 aliphatic carbocycles. The van der Waals surface area contributed by atoms with Crippen molar-refractivity contribution in [3.63, 3.8) is 0 Å². The molecule has 1 saturated heterocycles. The molecule has 0 saturated carbocycles. The first-order valence-corrected chi connectivity index (χ1v) is 12.3. The number of carbonyl (C=O) groups is 2. The van der Waals surface area contributed by atoms with Crippen LogP contribution >= 0.6 is 0 Å². The lowest BCUT2D eigenvalue weighted by Crippen LogP contribution is -2.47. The van der Waals surface area contributed by atoms with Crippen molar-refractivity contribution in [2.45, 2.75) is 38.5 Å². The quantitative estimate of drug-likeness (QED) is 0.395. The fraction of sp³-hybridized carbons (Fsp3) is 0.286. The minimum Gasteiger partial charge on any atom is -0.376 e. The molecule has 37 heavy (non-hydrogen) atoms. The number of para-hydroxylation sites is 2. The van der Waals surface area contributed by atoms with Crippen LogP contribution in [0.4, 0.5) is 10.1 Å². The third kappa shape index (κ3) is 5.36. The molecule has 1 fully saturated rings. The molecule has 8 nitrogen and oxygen atoms in total. The maximum absolute atomic E-state index is 15.2. The smallest absolute Gasteiger partial charge is 0.249 e. The number of hydrogen-bond donors (Lipinski definition) is 1. The van der Waals surface area contributed by atoms with E-state index in [1.165, 1.54) is 21.7 Å². The van der Waals surface area contributed by atoms with Gasteiger partial charge in [0.1, 0.15) is 23.9 Å². The molecule has 0 spiro atoms. The normalized spacial score (nSPS) is 16.0. The van der Waals surface area contributed by atoms with Gasteiger partial charge in [-0.3, -0.25) is 14.5 Å². The Bertz CT molecular complexity index is 1400. The molecule has 0 unspecified atom stereocenters. The zero-order valence-electron chi connectivity index (χ0n) is 20.5. The van der Waals surface area contributed by atoms with E-state index in [0.29, 0.717) is 29.7 Å². The summed E-state index contributed by atoms with van der Waals surface area (Å²) in [6.07, 6.45) is 1.71. The van der Waals surface area contributed by atoms with Gasteiger partial charge in [-0.05, 0) is 49.6 Å². The van der Waals surface area contributed by atoms with Crippen molar-refractivity contribution in [1.82, 2.24) is 20.3 Å². The first kappa shape index (κ1) is 24.6. The molecule has 2 heterocycles. The second-order valence-electron chi connectivity index (χ2n) is 9.14. The molecule has 1 aliphatic rings. The number of benzene rings is 3. The first-order valence-electron chi connectivity index (χ1n) is 12.3. The van der Waals surface area contributed by atoms with Crippen LogP contribution in [0.5, 0.6) is 0 Å². The summed E-state index contributed by atoms with van der Waals surface area (Å²) < 4.78 is 22.3. The standard InChI is InChI=1S/C28H28FN5O3/c1-19-12-14-20(15-13-19)27(28(36)30-17-21-7-6-16-37-21)34(24-10-4-2-8-22(24)29)26(35)18-33-25-11-5-3-9-23(25)31-32-33/h2-5,8-15,21,27H,6-7,16-18H2,1H3,(H,30,36)/t21-,27+/m1/s1. The molecule has 2 amide bonds. The molecule has 9 heteroatoms. The van der Waals surface area contributed by atoms with Crippen LogP contribution in [0.2, 0.25) is 0 Å². The van der Waals surface area contributed by atoms with Gasteiger partial charge in [-0.1, -0.05) is 59.3 Å². The predicted octanol–water partition coefficient (Wildman–Crippen LogP) is 3.95. The molecule has 1 aliphatic heterocycles. The van der Waals surface area contributed by atoms with Gasteiger partial charge in [0, 0.05) is 13.2 Å². The van der Waals surface area contributed by atoms with Crippen molar-refractivity contribution in [1.29, 1.82) is 0 Å². The van der Waals surface area contributed by atoms with Gasteiger partial charge >= 0.3 is 0 Å². The summed E-state index contributed by atoms with van der Waals surface area (Å²) in [6.45, 7) is 2.68. The average molecular weight is 502 g/mol. The highest BCUT2D eigenvalue weighted by molar-refractivity contribution is 6.01. The topological polar surface area (TPSA) is 89.4 Å². The van der Waals surface area contributed by atoms with Crippen LogP contribution in [-0.4, -0.2) is 46.1 Å². The number of ether oxygens (including phenoxy) is 1. The minimum absolute atomic E-state index is 0.00904. The summed E-state index contributed by atoms with van der Waals surface area (Å²) in [5, 5.41) is 11.2. The van der Waals surface area contributed by atoms with E-state index in [1.54, 1.807) is 30.3 Å². The van der Waals surface area contributed by atoms with Gasteiger partial charge in [-0.2, -0.15) is 0 Å². The second kappa shape index (κ2) is 10.9. The van der Waals surface area contributed by atoms with E-state index < -0.39 is 23.7 Å². The number of amides is 2. The Kier molecular flexibility index (Phi) is 7.23. The van der Waals surface area contributed by atoms with E-state index in [4.69, 9.17) is 4.74 Å². The molecule has 2 atom stereocenters. The van der Waals surface area contributed by atoms with Gasteiger partial charge in [-0.25, -0.2) is 9.07 Å². The van der Waals surface area contributed by atoms with Gasteiger partial charge in [0.15, 0.2) is 0 Å². The number of nitrogens with one attached hydrogen (secondary N) is 1. The molecule has 5 rings (SSSR count). The maximum Gasteiger partial charge on any atom is 0.249 e. The van der Waals surface area contributed by atoms with Gasteiger partial charge in [-0.15, -0.1) is 5.10 Å². The van der Waals surface area contributed by atoms with E-state index in [0.717, 1.165) is 18.4 Å². The monoisotopic (exact) mass is 501 g/mol. The van der Waals surface area contributed by atoms with Crippen molar-refractivity contribution in [2.75, 3.05) is 18.1 Å². The Labute approximate surface area is 214 Å². The van der Waals surface area contributed by atoms with Gasteiger partial charge in [0.25, 0.3) is 0 Å². The summed E-state index contributed by atoms with van der Waals surface area (Å²) in [4.78, 5) is 28.9. The number of nitrogens with zero attached hydrogens (tertiary/aromatic N) is 4. The Morgan fingerprint density at radius 3 is 2.62 bits per heavy atom. The summed E-state index contributed by atoms with van der Waals surface area (Å²) in [6, 6.07) is 19.4. The number of rotatable bonds is 8. The van der Waals surface area contributed by atoms with Crippen LogP contribution in [0.15, 0.2) is 72.8 Å². The number of fused-ring (bicyclic) bond motifs is 1. The van der Waals surface area contributed by atoms with E-state index in [9.17, 15) is 9.59 Å². The summed E-state index contributed by atoms with van der Waals surface area (Å²) >= 11 is 0. The number of halogens is 1. The Hall–Kier alpha value is -4.11. The van der Waals surface area contributed by atoms with Crippen LogP contribution in [0.1, 0.15) is 30.0 Å². The largest absolute Gasteiger partial charge is 0.376 e. The first-order chi connectivity index (χ1) is 18.0. The molecule has 0 radical (unpaired) electrons. The van der Waals surface area contributed by atoms with Crippen LogP contribution in [0.3, 0.4) is 0 Å². The number of aryl methyl sites for hydroxylation is 1. The van der Waals surface area contributed by atoms with Crippen LogP contribution < -0.4 is 10.2 Å². The number of carbonyl (C=O) groups excluding carboxylic acids is 2. The van der Waals surface area contributed by atoms with E-state index in [2.05, 4.69) is 15.6 Å². The number of anilines is 1.